The molecule has 5 N–H and O–H groups in total. The number of nitrogens with zero attached hydrogens (tertiary/aromatic N) is 3. The van der Waals surface area contributed by atoms with Crippen molar-refractivity contribution in [2.75, 3.05) is 13.7 Å². The van der Waals surface area contributed by atoms with Gasteiger partial charge in [0, 0.05) is 26.0 Å². The molecule has 2 aromatic rings. The SMILES string of the molecule is COc1cc(C)c(S(=O)(=O)NC(N)=NCCC[C@H](N)C(=O)c2nccn2C)c(C)c1C. The number of sulfonamides is 1. The first-order valence-electron chi connectivity index (χ1n) is 9.74. The second-order valence-corrected chi connectivity index (χ2v) is 8.94. The van der Waals surface area contributed by atoms with Crippen molar-refractivity contribution < 1.29 is 17.9 Å². The van der Waals surface area contributed by atoms with E-state index < -0.39 is 16.1 Å². The molecule has 1 aromatic carbocycles. The molecular formula is C20H30N6O4S. The van der Waals surface area contributed by atoms with E-state index in [0.29, 0.717) is 35.5 Å². The number of benzene rings is 1. The predicted molar refractivity (Wildman–Crippen MR) is 119 cm³/mol. The van der Waals surface area contributed by atoms with Gasteiger partial charge in [-0.1, -0.05) is 0 Å². The van der Waals surface area contributed by atoms with E-state index in [1.165, 1.54) is 13.3 Å². The van der Waals surface area contributed by atoms with Crippen molar-refractivity contribution in [1.82, 2.24) is 14.3 Å². The standard InChI is InChI=1S/C20H30N6O4S/c1-12-11-16(30-5)13(2)14(3)18(12)31(28,29)25-20(22)24-8-6-7-15(21)17(27)19-23-9-10-26(19)4/h9-11,15H,6-8,21H2,1-5H3,(H3,22,24,25)/t15-/m0/s1. The number of carbonyl (C=O) groups excluding carboxylic acids is 1. The first kappa shape index (κ1) is 24.4. The molecule has 170 valence electrons. The molecule has 0 amide bonds. The number of Topliss-reactive ketones (excluding diaryl/α,β-unsaturated/α-hetero) is 1. The van der Waals surface area contributed by atoms with Gasteiger partial charge < -0.3 is 20.8 Å². The quantitative estimate of drug-likeness (QED) is 0.222. The second kappa shape index (κ2) is 9.92. The summed E-state index contributed by atoms with van der Waals surface area (Å²) < 4.78 is 34.9. The van der Waals surface area contributed by atoms with Gasteiger partial charge in [-0.15, -0.1) is 0 Å². The predicted octanol–water partition coefficient (Wildman–Crippen LogP) is 0.937. The average Bonchev–Trinajstić information content (AvgIpc) is 3.12. The van der Waals surface area contributed by atoms with Crippen LogP contribution < -0.4 is 20.9 Å². The normalized spacial score (nSPS) is 13.2. The van der Waals surface area contributed by atoms with Crippen LogP contribution in [0.15, 0.2) is 28.3 Å². The van der Waals surface area contributed by atoms with Gasteiger partial charge in [0.2, 0.25) is 11.7 Å². The molecule has 0 aliphatic heterocycles. The molecule has 0 saturated carbocycles. The number of imidazole rings is 1. The number of ketones is 1. The summed E-state index contributed by atoms with van der Waals surface area (Å²) in [6.45, 7) is 5.42. The highest BCUT2D eigenvalue weighted by molar-refractivity contribution is 7.90. The highest BCUT2D eigenvalue weighted by Crippen LogP contribution is 2.30. The van der Waals surface area contributed by atoms with Crippen LogP contribution in [0.2, 0.25) is 0 Å². The molecule has 0 aliphatic rings. The molecule has 11 heteroatoms. The Hall–Kier alpha value is -2.92. The third-order valence-electron chi connectivity index (χ3n) is 5.04. The number of rotatable bonds is 9. The zero-order chi connectivity index (χ0) is 23.3. The molecule has 2 rings (SSSR count). The Labute approximate surface area is 182 Å². The van der Waals surface area contributed by atoms with Gasteiger partial charge in [-0.05, 0) is 56.4 Å². The van der Waals surface area contributed by atoms with Gasteiger partial charge in [0.15, 0.2) is 5.82 Å². The molecule has 0 spiro atoms. The van der Waals surface area contributed by atoms with E-state index in [-0.39, 0.29) is 23.2 Å². The number of ether oxygens (including phenoxy) is 1. The van der Waals surface area contributed by atoms with Crippen molar-refractivity contribution in [1.29, 1.82) is 0 Å². The number of aliphatic imine (C=N–C) groups is 1. The van der Waals surface area contributed by atoms with Crippen LogP contribution in [-0.2, 0) is 17.1 Å². The monoisotopic (exact) mass is 450 g/mol. The minimum Gasteiger partial charge on any atom is -0.496 e. The molecule has 0 saturated heterocycles. The van der Waals surface area contributed by atoms with Crippen LogP contribution in [0.4, 0.5) is 0 Å². The van der Waals surface area contributed by atoms with Crippen LogP contribution in [0, 0.1) is 20.8 Å². The summed E-state index contributed by atoms with van der Waals surface area (Å²) in [4.78, 5) is 20.5. The molecule has 0 radical (unpaired) electrons. The van der Waals surface area contributed by atoms with E-state index in [2.05, 4.69) is 14.7 Å². The third-order valence-corrected chi connectivity index (χ3v) is 6.68. The van der Waals surface area contributed by atoms with E-state index in [4.69, 9.17) is 16.2 Å². The van der Waals surface area contributed by atoms with Crippen LogP contribution >= 0.6 is 0 Å². The highest BCUT2D eigenvalue weighted by Gasteiger charge is 2.23. The Morgan fingerprint density at radius 2 is 2.00 bits per heavy atom. The lowest BCUT2D eigenvalue weighted by Crippen LogP contribution is -2.37. The number of hydrogen-bond acceptors (Lipinski definition) is 7. The Balaban J connectivity index is 2.00. The zero-order valence-electron chi connectivity index (χ0n) is 18.5. The van der Waals surface area contributed by atoms with E-state index in [1.807, 2.05) is 0 Å². The summed E-state index contributed by atoms with van der Waals surface area (Å²) >= 11 is 0. The van der Waals surface area contributed by atoms with E-state index in [9.17, 15) is 13.2 Å². The smallest absolute Gasteiger partial charge is 0.264 e. The lowest BCUT2D eigenvalue weighted by Gasteiger charge is -2.17. The van der Waals surface area contributed by atoms with Gasteiger partial charge >= 0.3 is 0 Å². The Kier molecular flexibility index (Phi) is 7.80. The molecule has 10 nitrogen and oxygen atoms in total. The van der Waals surface area contributed by atoms with Crippen molar-refractivity contribution >= 4 is 21.8 Å². The van der Waals surface area contributed by atoms with Gasteiger partial charge in [-0.25, -0.2) is 18.1 Å². The van der Waals surface area contributed by atoms with E-state index >= 15 is 0 Å². The van der Waals surface area contributed by atoms with E-state index in [0.717, 1.165) is 5.56 Å². The molecule has 1 aromatic heterocycles. The summed E-state index contributed by atoms with van der Waals surface area (Å²) in [7, 11) is -0.665. The number of aromatic nitrogens is 2. The Morgan fingerprint density at radius 1 is 1.32 bits per heavy atom. The maximum absolute atomic E-state index is 12.8. The first-order valence-corrected chi connectivity index (χ1v) is 11.2. The average molecular weight is 451 g/mol. The topological polar surface area (TPSA) is 155 Å². The number of nitrogens with two attached hydrogens (primary N) is 2. The summed E-state index contributed by atoms with van der Waals surface area (Å²) in [5, 5.41) is 0. The van der Waals surface area contributed by atoms with Crippen molar-refractivity contribution in [3.8, 4) is 5.75 Å². The molecule has 0 unspecified atom stereocenters. The van der Waals surface area contributed by atoms with Crippen molar-refractivity contribution in [3.63, 3.8) is 0 Å². The van der Waals surface area contributed by atoms with Crippen molar-refractivity contribution in [2.45, 2.75) is 44.6 Å². The fourth-order valence-electron chi connectivity index (χ4n) is 3.28. The number of nitrogens with one attached hydrogen (secondary N) is 1. The van der Waals surface area contributed by atoms with Gasteiger partial charge in [-0.2, -0.15) is 0 Å². The van der Waals surface area contributed by atoms with Crippen LogP contribution in [-0.4, -0.2) is 49.4 Å². The molecule has 0 fully saturated rings. The van der Waals surface area contributed by atoms with Gasteiger partial charge in [0.25, 0.3) is 10.0 Å². The third kappa shape index (κ3) is 5.61. The number of guanidine groups is 1. The Bertz CT molecular complexity index is 1090. The molecule has 31 heavy (non-hydrogen) atoms. The van der Waals surface area contributed by atoms with Crippen molar-refractivity contribution in [3.05, 3.63) is 41.0 Å². The fourth-order valence-corrected chi connectivity index (χ4v) is 4.76. The highest BCUT2D eigenvalue weighted by atomic mass is 32.2. The summed E-state index contributed by atoms with van der Waals surface area (Å²) in [6, 6.07) is 0.950. The summed E-state index contributed by atoms with van der Waals surface area (Å²) in [5.74, 6) is 0.429. The van der Waals surface area contributed by atoms with Crippen LogP contribution in [0.5, 0.6) is 5.75 Å². The van der Waals surface area contributed by atoms with Crippen molar-refractivity contribution in [2.24, 2.45) is 23.5 Å². The molecule has 0 bridgehead atoms. The Morgan fingerprint density at radius 3 is 2.58 bits per heavy atom. The minimum atomic E-state index is -3.92. The van der Waals surface area contributed by atoms with Gasteiger partial charge in [0.1, 0.15) is 5.75 Å². The maximum atomic E-state index is 12.8. The number of methoxy groups -OCH3 is 1. The molecule has 0 aliphatic carbocycles. The van der Waals surface area contributed by atoms with Gasteiger partial charge in [0.05, 0.1) is 18.0 Å². The van der Waals surface area contributed by atoms with E-state index in [1.54, 1.807) is 44.6 Å². The molecule has 1 atom stereocenters. The van der Waals surface area contributed by atoms with Crippen LogP contribution in [0.25, 0.3) is 0 Å². The van der Waals surface area contributed by atoms with Crippen LogP contribution in [0.1, 0.15) is 40.2 Å². The summed E-state index contributed by atoms with van der Waals surface area (Å²) in [6.07, 6.45) is 4.03. The first-order chi connectivity index (χ1) is 14.5. The number of hydrogen-bond donors (Lipinski definition) is 3. The number of aryl methyl sites for hydroxylation is 2. The minimum absolute atomic E-state index is 0.145. The lowest BCUT2D eigenvalue weighted by atomic mass is 10.1. The lowest BCUT2D eigenvalue weighted by molar-refractivity contribution is 0.0943. The molecule has 1 heterocycles. The van der Waals surface area contributed by atoms with Crippen LogP contribution in [0.3, 0.4) is 0 Å². The molecular weight excluding hydrogens is 420 g/mol. The largest absolute Gasteiger partial charge is 0.496 e. The fraction of sp³-hybridized carbons (Fsp3) is 0.450. The zero-order valence-corrected chi connectivity index (χ0v) is 19.3. The summed E-state index contributed by atoms with van der Waals surface area (Å²) in [5.41, 5.74) is 13.6. The van der Waals surface area contributed by atoms with Gasteiger partial charge in [-0.3, -0.25) is 9.79 Å². The second-order valence-electron chi connectivity index (χ2n) is 7.32. The maximum Gasteiger partial charge on any atom is 0.264 e. The number of carbonyl (C=O) groups is 1.